The molecule has 8 nitrogen and oxygen atoms in total. The van der Waals surface area contributed by atoms with Crippen LogP contribution in [0.15, 0.2) is 77.1 Å². The highest BCUT2D eigenvalue weighted by atomic mass is 16.5. The van der Waals surface area contributed by atoms with Gasteiger partial charge in [-0.3, -0.25) is 10.0 Å². The van der Waals surface area contributed by atoms with Gasteiger partial charge in [0.25, 0.3) is 5.91 Å². The van der Waals surface area contributed by atoms with Crippen molar-refractivity contribution < 1.29 is 29.1 Å². The largest absolute Gasteiger partial charge is 0.466 e. The average Bonchev–Trinajstić information content (AvgIpc) is 2.82. The third-order valence-corrected chi connectivity index (χ3v) is 5.26. The van der Waals surface area contributed by atoms with E-state index in [-0.39, 0.29) is 22.4 Å². The fourth-order valence-electron chi connectivity index (χ4n) is 3.80. The van der Waals surface area contributed by atoms with Crippen molar-refractivity contribution in [2.75, 3.05) is 19.3 Å². The predicted molar refractivity (Wildman–Crippen MR) is 117 cm³/mol. The van der Waals surface area contributed by atoms with Gasteiger partial charge >= 0.3 is 11.9 Å². The molecule has 166 valence electrons. The number of carbonyl (C=O) groups is 3. The third-order valence-electron chi connectivity index (χ3n) is 5.26. The third kappa shape index (κ3) is 4.13. The van der Waals surface area contributed by atoms with E-state index in [0.29, 0.717) is 22.0 Å². The fourth-order valence-corrected chi connectivity index (χ4v) is 3.80. The molecule has 0 radical (unpaired) electrons. The van der Waals surface area contributed by atoms with Crippen molar-refractivity contribution in [1.29, 1.82) is 0 Å². The minimum atomic E-state index is -0.939. The molecule has 1 heterocycles. The van der Waals surface area contributed by atoms with Gasteiger partial charge in [0.05, 0.1) is 37.0 Å². The highest BCUT2D eigenvalue weighted by Crippen LogP contribution is 2.42. The molecule has 1 aliphatic heterocycles. The molecule has 0 aliphatic carbocycles. The van der Waals surface area contributed by atoms with Crippen molar-refractivity contribution >= 4 is 23.5 Å². The fraction of sp³-hybridized carbons (Fsp3) is 0.208. The van der Waals surface area contributed by atoms with Gasteiger partial charge in [-0.15, -0.1) is 0 Å². The Morgan fingerprint density at radius 3 is 1.88 bits per heavy atom. The second-order valence-electron chi connectivity index (χ2n) is 7.16. The number of benzene rings is 2. The quantitative estimate of drug-likeness (QED) is 0.421. The molecule has 0 aromatic heterocycles. The summed E-state index contributed by atoms with van der Waals surface area (Å²) in [6, 6.07) is 14.8. The molecule has 1 amide bonds. The Hall–Kier alpha value is -3.91. The molecule has 0 bridgehead atoms. The number of ether oxygens (including phenoxy) is 2. The van der Waals surface area contributed by atoms with E-state index in [0.717, 1.165) is 0 Å². The van der Waals surface area contributed by atoms with Gasteiger partial charge in [0.15, 0.2) is 0 Å². The molecule has 0 spiro atoms. The number of rotatable bonds is 5. The number of nitrogens with zero attached hydrogens (tertiary/aromatic N) is 1. The number of dihydropyridines is 1. The van der Waals surface area contributed by atoms with Crippen molar-refractivity contribution in [1.82, 2.24) is 5.32 Å². The molecule has 0 saturated carbocycles. The van der Waals surface area contributed by atoms with Gasteiger partial charge in [-0.05, 0) is 37.6 Å². The standard InChI is InChI=1S/C24H24N2O6/c1-14-19(23(28)31-3)21(20(15(2)25-14)24(29)32-4)17-12-8-9-13-18(17)26(30)22(27)16-10-6-5-7-11-16/h5-13,21,25,30H,1-4H3. The lowest BCUT2D eigenvalue weighted by Crippen LogP contribution is -2.34. The summed E-state index contributed by atoms with van der Waals surface area (Å²) >= 11 is 0. The molecule has 0 fully saturated rings. The molecule has 0 atom stereocenters. The first-order chi connectivity index (χ1) is 15.3. The molecule has 2 aromatic rings. The monoisotopic (exact) mass is 436 g/mol. The van der Waals surface area contributed by atoms with Crippen LogP contribution in [-0.4, -0.2) is 37.3 Å². The summed E-state index contributed by atoms with van der Waals surface area (Å²) in [5.41, 5.74) is 2.08. The maximum atomic E-state index is 12.9. The lowest BCUT2D eigenvalue weighted by molar-refractivity contribution is -0.137. The number of para-hydroxylation sites is 1. The van der Waals surface area contributed by atoms with Crippen LogP contribution in [0.25, 0.3) is 0 Å². The van der Waals surface area contributed by atoms with E-state index in [4.69, 9.17) is 9.47 Å². The predicted octanol–water partition coefficient (Wildman–Crippen LogP) is 3.30. The molecular weight excluding hydrogens is 412 g/mol. The number of methoxy groups -OCH3 is 2. The van der Waals surface area contributed by atoms with E-state index in [1.54, 1.807) is 62.4 Å². The van der Waals surface area contributed by atoms with Crippen molar-refractivity contribution in [2.45, 2.75) is 19.8 Å². The Labute approximate surface area is 185 Å². The van der Waals surface area contributed by atoms with E-state index < -0.39 is 23.8 Å². The van der Waals surface area contributed by atoms with Crippen molar-refractivity contribution in [3.05, 3.63) is 88.3 Å². The second kappa shape index (κ2) is 9.49. The topological polar surface area (TPSA) is 105 Å². The molecule has 0 unspecified atom stereocenters. The Morgan fingerprint density at radius 1 is 0.844 bits per heavy atom. The van der Waals surface area contributed by atoms with Gasteiger partial charge in [-0.1, -0.05) is 36.4 Å². The van der Waals surface area contributed by atoms with Crippen LogP contribution < -0.4 is 10.4 Å². The van der Waals surface area contributed by atoms with E-state index >= 15 is 0 Å². The summed E-state index contributed by atoms with van der Waals surface area (Å²) in [5, 5.41) is 14.4. The summed E-state index contributed by atoms with van der Waals surface area (Å²) in [6.45, 7) is 3.37. The normalized spacial score (nSPS) is 14.0. The van der Waals surface area contributed by atoms with Crippen LogP contribution >= 0.6 is 0 Å². The summed E-state index contributed by atoms with van der Waals surface area (Å²) < 4.78 is 9.94. The molecule has 3 rings (SSSR count). The van der Waals surface area contributed by atoms with Gasteiger partial charge in [0.1, 0.15) is 0 Å². The molecule has 8 heteroatoms. The Bertz CT molecular complexity index is 1080. The van der Waals surface area contributed by atoms with E-state index in [1.807, 2.05) is 0 Å². The number of esters is 2. The number of hydrogen-bond acceptors (Lipinski definition) is 7. The summed E-state index contributed by atoms with van der Waals surface area (Å²) in [6.07, 6.45) is 0. The number of carbonyl (C=O) groups excluding carboxylic acids is 3. The number of amides is 1. The molecule has 0 saturated heterocycles. The van der Waals surface area contributed by atoms with Crippen LogP contribution in [0.5, 0.6) is 0 Å². The lowest BCUT2D eigenvalue weighted by atomic mass is 9.79. The SMILES string of the molecule is COC(=O)C1=C(C)NC(C)=C(C(=O)OC)C1c1ccccc1N(O)C(=O)c1ccccc1. The zero-order valence-corrected chi connectivity index (χ0v) is 18.2. The number of hydroxylamine groups is 1. The van der Waals surface area contributed by atoms with Crippen LogP contribution in [0, 0.1) is 0 Å². The number of anilines is 1. The maximum Gasteiger partial charge on any atom is 0.336 e. The van der Waals surface area contributed by atoms with Crippen LogP contribution in [0.1, 0.15) is 35.7 Å². The summed E-state index contributed by atoms with van der Waals surface area (Å²) in [7, 11) is 2.48. The first kappa shape index (κ1) is 22.8. The second-order valence-corrected chi connectivity index (χ2v) is 7.16. The summed E-state index contributed by atoms with van der Waals surface area (Å²) in [5.74, 6) is -2.90. The van der Waals surface area contributed by atoms with Gasteiger partial charge < -0.3 is 14.8 Å². The Kier molecular flexibility index (Phi) is 6.75. The van der Waals surface area contributed by atoms with Crippen LogP contribution in [0.3, 0.4) is 0 Å². The van der Waals surface area contributed by atoms with Crippen LogP contribution in [0.4, 0.5) is 5.69 Å². The smallest absolute Gasteiger partial charge is 0.336 e. The average molecular weight is 436 g/mol. The zero-order valence-electron chi connectivity index (χ0n) is 18.2. The molecule has 1 aliphatic rings. The number of allylic oxidation sites excluding steroid dienone is 2. The minimum absolute atomic E-state index is 0.122. The van der Waals surface area contributed by atoms with Crippen molar-refractivity contribution in [3.63, 3.8) is 0 Å². The van der Waals surface area contributed by atoms with E-state index in [1.165, 1.54) is 20.3 Å². The van der Waals surface area contributed by atoms with Gasteiger partial charge in [0.2, 0.25) is 0 Å². The van der Waals surface area contributed by atoms with E-state index in [2.05, 4.69) is 5.32 Å². The first-order valence-corrected chi connectivity index (χ1v) is 9.84. The Balaban J connectivity index is 2.21. The molecule has 2 aromatic carbocycles. The lowest BCUT2D eigenvalue weighted by Gasteiger charge is -2.32. The zero-order chi connectivity index (χ0) is 23.4. The number of hydrogen-bond donors (Lipinski definition) is 2. The van der Waals surface area contributed by atoms with Crippen molar-refractivity contribution in [2.24, 2.45) is 0 Å². The van der Waals surface area contributed by atoms with Crippen LogP contribution in [-0.2, 0) is 19.1 Å². The molecule has 2 N–H and O–H groups in total. The van der Waals surface area contributed by atoms with E-state index in [9.17, 15) is 19.6 Å². The van der Waals surface area contributed by atoms with Gasteiger partial charge in [0, 0.05) is 17.0 Å². The van der Waals surface area contributed by atoms with Gasteiger partial charge in [-0.25, -0.2) is 9.59 Å². The van der Waals surface area contributed by atoms with Crippen LogP contribution in [0.2, 0.25) is 0 Å². The first-order valence-electron chi connectivity index (χ1n) is 9.84. The molecular formula is C24H24N2O6. The van der Waals surface area contributed by atoms with Crippen molar-refractivity contribution in [3.8, 4) is 0 Å². The highest BCUT2D eigenvalue weighted by Gasteiger charge is 2.39. The minimum Gasteiger partial charge on any atom is -0.466 e. The Morgan fingerprint density at radius 2 is 1.34 bits per heavy atom. The summed E-state index contributed by atoms with van der Waals surface area (Å²) in [4.78, 5) is 38.4. The molecule has 32 heavy (non-hydrogen) atoms. The maximum absolute atomic E-state index is 12.9. The number of nitrogens with one attached hydrogen (secondary N) is 1. The van der Waals surface area contributed by atoms with Gasteiger partial charge in [-0.2, -0.15) is 5.06 Å². The highest BCUT2D eigenvalue weighted by molar-refractivity contribution is 6.06.